The summed E-state index contributed by atoms with van der Waals surface area (Å²) in [7, 11) is 0. The molecule has 0 radical (unpaired) electrons. The molecule has 0 aromatic heterocycles. The van der Waals surface area contributed by atoms with Crippen molar-refractivity contribution in [2.75, 3.05) is 12.3 Å². The van der Waals surface area contributed by atoms with E-state index in [-0.39, 0.29) is 17.8 Å². The van der Waals surface area contributed by atoms with Gasteiger partial charge in [0.25, 0.3) is 0 Å². The van der Waals surface area contributed by atoms with E-state index >= 15 is 0 Å². The molecule has 2 aromatic rings. The number of halogens is 1. The van der Waals surface area contributed by atoms with Gasteiger partial charge in [0.15, 0.2) is 0 Å². The molecule has 1 fully saturated rings. The van der Waals surface area contributed by atoms with Crippen LogP contribution in [0.5, 0.6) is 0 Å². The van der Waals surface area contributed by atoms with Crippen molar-refractivity contribution in [2.45, 2.75) is 11.5 Å². The predicted octanol–water partition coefficient (Wildman–Crippen LogP) is 3.65. The Morgan fingerprint density at radius 1 is 1.18 bits per heavy atom. The van der Waals surface area contributed by atoms with Crippen molar-refractivity contribution in [1.82, 2.24) is 4.90 Å². The van der Waals surface area contributed by atoms with E-state index in [1.165, 1.54) is 0 Å². The van der Waals surface area contributed by atoms with Crippen molar-refractivity contribution < 1.29 is 9.90 Å². The molecule has 2 unspecified atom stereocenters. The zero-order chi connectivity index (χ0) is 15.5. The second kappa shape index (κ2) is 6.73. The fraction of sp³-hybridized carbons (Fsp3) is 0.235. The molecule has 1 saturated heterocycles. The minimum atomic E-state index is -0.700. The summed E-state index contributed by atoms with van der Waals surface area (Å²) >= 11 is 7.80. The summed E-state index contributed by atoms with van der Waals surface area (Å²) in [6.07, 6.45) is -0.700. The summed E-state index contributed by atoms with van der Waals surface area (Å²) in [5, 5.41) is 10.9. The molecule has 2 aromatic carbocycles. The Morgan fingerprint density at radius 2 is 1.86 bits per heavy atom. The Kier molecular flexibility index (Phi) is 4.71. The maximum absolute atomic E-state index is 12.2. The number of aliphatic hydroxyl groups is 1. The first kappa shape index (κ1) is 15.4. The molecule has 0 aliphatic carbocycles. The van der Waals surface area contributed by atoms with Crippen LogP contribution in [0.2, 0.25) is 5.02 Å². The molecule has 1 amide bonds. The molecule has 1 aliphatic heterocycles. The summed E-state index contributed by atoms with van der Waals surface area (Å²) < 4.78 is 0. The van der Waals surface area contributed by atoms with Gasteiger partial charge in [-0.1, -0.05) is 60.1 Å². The monoisotopic (exact) mass is 333 g/mol. The Balaban J connectivity index is 1.81. The van der Waals surface area contributed by atoms with Crippen LogP contribution in [0.1, 0.15) is 22.6 Å². The van der Waals surface area contributed by atoms with Crippen LogP contribution < -0.4 is 0 Å². The van der Waals surface area contributed by atoms with Gasteiger partial charge in [0.1, 0.15) is 5.37 Å². The maximum atomic E-state index is 12.2. The number of carbonyl (C=O) groups excluding carboxylic acids is 1. The Hall–Kier alpha value is -1.49. The average Bonchev–Trinajstić information content (AvgIpc) is 2.90. The van der Waals surface area contributed by atoms with E-state index in [1.807, 2.05) is 54.6 Å². The molecule has 0 bridgehead atoms. The molecule has 5 heteroatoms. The molecule has 1 N–H and O–H groups in total. The normalized spacial score (nSPS) is 19.5. The third kappa shape index (κ3) is 3.14. The molecule has 1 aliphatic rings. The largest absolute Gasteiger partial charge is 0.387 e. The fourth-order valence-electron chi connectivity index (χ4n) is 2.55. The topological polar surface area (TPSA) is 40.5 Å². The number of benzene rings is 2. The lowest BCUT2D eigenvalue weighted by Gasteiger charge is -2.27. The van der Waals surface area contributed by atoms with E-state index in [0.29, 0.717) is 10.8 Å². The number of hydrogen-bond donors (Lipinski definition) is 1. The van der Waals surface area contributed by atoms with Crippen LogP contribution in [0.4, 0.5) is 0 Å². The molecule has 2 atom stereocenters. The first-order chi connectivity index (χ1) is 10.7. The van der Waals surface area contributed by atoms with Crippen LogP contribution >= 0.6 is 23.4 Å². The van der Waals surface area contributed by atoms with E-state index < -0.39 is 6.10 Å². The van der Waals surface area contributed by atoms with Gasteiger partial charge in [0, 0.05) is 10.6 Å². The number of aliphatic hydroxyl groups excluding tert-OH is 1. The number of nitrogens with zero attached hydrogens (tertiary/aromatic N) is 1. The van der Waals surface area contributed by atoms with Crippen molar-refractivity contribution in [3.8, 4) is 0 Å². The van der Waals surface area contributed by atoms with Gasteiger partial charge >= 0.3 is 0 Å². The third-order valence-corrected chi connectivity index (χ3v) is 5.28. The molecule has 0 spiro atoms. The van der Waals surface area contributed by atoms with Crippen LogP contribution in [0, 0.1) is 0 Å². The minimum absolute atomic E-state index is 0.0323. The summed E-state index contributed by atoms with van der Waals surface area (Å²) in [4.78, 5) is 13.9. The van der Waals surface area contributed by atoms with E-state index in [1.54, 1.807) is 16.7 Å². The van der Waals surface area contributed by atoms with Crippen LogP contribution in [0.3, 0.4) is 0 Å². The molecule has 0 saturated carbocycles. The lowest BCUT2D eigenvalue weighted by molar-refractivity contribution is -0.129. The van der Waals surface area contributed by atoms with Gasteiger partial charge in [-0.05, 0) is 11.6 Å². The van der Waals surface area contributed by atoms with Gasteiger partial charge in [-0.25, -0.2) is 0 Å². The SMILES string of the molecule is O=C1CSC(c2ccccc2Cl)N1CC(O)c1ccccc1. The van der Waals surface area contributed by atoms with Gasteiger partial charge in [-0.3, -0.25) is 4.79 Å². The number of thioether (sulfide) groups is 1. The van der Waals surface area contributed by atoms with Crippen LogP contribution in [0.25, 0.3) is 0 Å². The minimum Gasteiger partial charge on any atom is -0.387 e. The Bertz CT molecular complexity index is 665. The van der Waals surface area contributed by atoms with Gasteiger partial charge in [-0.15, -0.1) is 11.8 Å². The Morgan fingerprint density at radius 3 is 2.59 bits per heavy atom. The molecular formula is C17H16ClNO2S. The van der Waals surface area contributed by atoms with Crippen LogP contribution in [-0.2, 0) is 4.79 Å². The number of carbonyl (C=O) groups is 1. The standard InChI is InChI=1S/C17H16ClNO2S/c18-14-9-5-4-8-13(14)17-19(16(21)11-22-17)10-15(20)12-6-2-1-3-7-12/h1-9,15,17,20H,10-11H2. The molecule has 1 heterocycles. The van der Waals surface area contributed by atoms with E-state index in [2.05, 4.69) is 0 Å². The zero-order valence-corrected chi connectivity index (χ0v) is 13.4. The van der Waals surface area contributed by atoms with Crippen LogP contribution in [-0.4, -0.2) is 28.2 Å². The molecule has 114 valence electrons. The highest BCUT2D eigenvalue weighted by Crippen LogP contribution is 2.42. The smallest absolute Gasteiger partial charge is 0.233 e. The predicted molar refractivity (Wildman–Crippen MR) is 89.8 cm³/mol. The van der Waals surface area contributed by atoms with Gasteiger partial charge in [-0.2, -0.15) is 0 Å². The van der Waals surface area contributed by atoms with E-state index in [9.17, 15) is 9.90 Å². The number of β-amino-alcohol motifs (C(OH)–C–C–N with tert-alkyl or cyclic N) is 1. The number of hydrogen-bond acceptors (Lipinski definition) is 3. The highest BCUT2D eigenvalue weighted by Gasteiger charge is 2.35. The average molecular weight is 334 g/mol. The lowest BCUT2D eigenvalue weighted by atomic mass is 10.1. The van der Waals surface area contributed by atoms with Crippen molar-refractivity contribution >= 4 is 29.3 Å². The zero-order valence-electron chi connectivity index (χ0n) is 11.9. The van der Waals surface area contributed by atoms with Crippen molar-refractivity contribution in [1.29, 1.82) is 0 Å². The quantitative estimate of drug-likeness (QED) is 0.928. The second-order valence-corrected chi connectivity index (χ2v) is 6.63. The van der Waals surface area contributed by atoms with Gasteiger partial charge in [0.2, 0.25) is 5.91 Å². The summed E-state index contributed by atoms with van der Waals surface area (Å²) in [6, 6.07) is 16.9. The molecule has 3 rings (SSSR count). The first-order valence-electron chi connectivity index (χ1n) is 7.05. The fourth-order valence-corrected chi connectivity index (χ4v) is 4.09. The molecule has 3 nitrogen and oxygen atoms in total. The highest BCUT2D eigenvalue weighted by molar-refractivity contribution is 8.00. The number of amides is 1. The second-order valence-electron chi connectivity index (χ2n) is 5.16. The van der Waals surface area contributed by atoms with Crippen LogP contribution in [0.15, 0.2) is 54.6 Å². The van der Waals surface area contributed by atoms with E-state index in [0.717, 1.165) is 11.1 Å². The lowest BCUT2D eigenvalue weighted by Crippen LogP contribution is -2.32. The summed E-state index contributed by atoms with van der Waals surface area (Å²) in [5.41, 5.74) is 1.73. The molecular weight excluding hydrogens is 318 g/mol. The number of rotatable bonds is 4. The van der Waals surface area contributed by atoms with Crippen molar-refractivity contribution in [2.24, 2.45) is 0 Å². The van der Waals surface area contributed by atoms with E-state index in [4.69, 9.17) is 11.6 Å². The summed E-state index contributed by atoms with van der Waals surface area (Å²) in [5.74, 6) is 0.446. The van der Waals surface area contributed by atoms with Gasteiger partial charge < -0.3 is 10.0 Å². The highest BCUT2D eigenvalue weighted by atomic mass is 35.5. The third-order valence-electron chi connectivity index (χ3n) is 3.69. The summed E-state index contributed by atoms with van der Waals surface area (Å²) in [6.45, 7) is 0.270. The van der Waals surface area contributed by atoms with Crippen molar-refractivity contribution in [3.63, 3.8) is 0 Å². The first-order valence-corrected chi connectivity index (χ1v) is 8.48. The van der Waals surface area contributed by atoms with Gasteiger partial charge in [0.05, 0.1) is 18.4 Å². The molecule has 22 heavy (non-hydrogen) atoms. The maximum Gasteiger partial charge on any atom is 0.233 e. The van der Waals surface area contributed by atoms with Crippen molar-refractivity contribution in [3.05, 3.63) is 70.7 Å². The Labute approximate surface area is 138 Å².